The smallest absolute Gasteiger partial charge is 0.279 e. The van der Waals surface area contributed by atoms with Crippen LogP contribution in [0.3, 0.4) is 0 Å². The molecule has 6 heteroatoms. The Morgan fingerprint density at radius 1 is 1.38 bits per heavy atom. The van der Waals surface area contributed by atoms with Crippen LogP contribution >= 0.6 is 27.3 Å². The molecule has 0 fully saturated rings. The number of rotatable bonds is 3. The largest absolute Gasteiger partial charge is 0.497 e. The Labute approximate surface area is 151 Å². The van der Waals surface area contributed by atoms with E-state index >= 15 is 0 Å². The van der Waals surface area contributed by atoms with E-state index in [1.54, 1.807) is 25.3 Å². The molecular formula is C18H13BrN2O2S. The molecule has 3 rings (SSSR count). The summed E-state index contributed by atoms with van der Waals surface area (Å²) in [6.07, 6.45) is 5.47. The van der Waals surface area contributed by atoms with Gasteiger partial charge in [-0.3, -0.25) is 4.79 Å². The summed E-state index contributed by atoms with van der Waals surface area (Å²) < 4.78 is 8.90. The lowest BCUT2D eigenvalue weighted by Crippen LogP contribution is -2.16. The summed E-state index contributed by atoms with van der Waals surface area (Å²) in [6, 6.07) is 12.8. The molecule has 1 heterocycles. The summed E-state index contributed by atoms with van der Waals surface area (Å²) in [4.78, 5) is 17.3. The second-order valence-corrected chi connectivity index (χ2v) is 6.86. The maximum atomic E-state index is 12.5. The van der Waals surface area contributed by atoms with Crippen LogP contribution in [0.15, 0.2) is 51.9 Å². The predicted octanol–water partition coefficient (Wildman–Crippen LogP) is 3.85. The predicted molar refractivity (Wildman–Crippen MR) is 99.2 cm³/mol. The fourth-order valence-electron chi connectivity index (χ4n) is 2.28. The van der Waals surface area contributed by atoms with Gasteiger partial charge in [0.05, 0.1) is 23.9 Å². The Morgan fingerprint density at radius 2 is 2.21 bits per heavy atom. The molecule has 0 atom stereocenters. The van der Waals surface area contributed by atoms with Crippen LogP contribution in [0.1, 0.15) is 10.4 Å². The second-order valence-electron chi connectivity index (χ2n) is 4.94. The Bertz CT molecular complexity index is 1030. The van der Waals surface area contributed by atoms with Gasteiger partial charge < -0.3 is 9.30 Å². The van der Waals surface area contributed by atoms with Gasteiger partial charge in [-0.15, -0.1) is 6.42 Å². The number of carbonyl (C=O) groups excluding carboxylic acids is 1. The van der Waals surface area contributed by atoms with Gasteiger partial charge in [0.2, 0.25) is 0 Å². The van der Waals surface area contributed by atoms with Crippen LogP contribution < -0.4 is 9.54 Å². The zero-order chi connectivity index (χ0) is 17.1. The first kappa shape index (κ1) is 16.5. The van der Waals surface area contributed by atoms with Crippen molar-refractivity contribution in [2.45, 2.75) is 6.54 Å². The van der Waals surface area contributed by atoms with Crippen molar-refractivity contribution in [3.8, 4) is 18.1 Å². The number of halogens is 1. The minimum absolute atomic E-state index is 0.305. The molecule has 120 valence electrons. The molecule has 2 aromatic carbocycles. The molecule has 0 aliphatic rings. The molecule has 3 aromatic rings. The lowest BCUT2D eigenvalue weighted by atomic mass is 10.2. The molecule has 0 bridgehead atoms. The van der Waals surface area contributed by atoms with Crippen molar-refractivity contribution in [3.63, 3.8) is 0 Å². The van der Waals surface area contributed by atoms with Gasteiger partial charge in [0.1, 0.15) is 5.75 Å². The standard InChI is InChI=1S/C18H13BrN2O2S/c1-3-9-21-15-8-7-14(23-2)11-16(15)24-18(21)20-17(22)12-5-4-6-13(19)10-12/h1,4-8,10-11H,9H2,2H3. The molecule has 0 unspecified atom stereocenters. The van der Waals surface area contributed by atoms with Crippen molar-refractivity contribution in [1.29, 1.82) is 0 Å². The molecule has 0 saturated carbocycles. The van der Waals surface area contributed by atoms with Gasteiger partial charge in [-0.1, -0.05) is 39.3 Å². The summed E-state index contributed by atoms with van der Waals surface area (Å²) in [7, 11) is 1.62. The molecule has 1 amide bonds. The van der Waals surface area contributed by atoms with Crippen molar-refractivity contribution >= 4 is 43.4 Å². The first-order chi connectivity index (χ1) is 11.6. The second kappa shape index (κ2) is 7.04. The van der Waals surface area contributed by atoms with E-state index in [9.17, 15) is 4.79 Å². The molecule has 0 spiro atoms. The topological polar surface area (TPSA) is 43.6 Å². The van der Waals surface area contributed by atoms with Crippen molar-refractivity contribution < 1.29 is 9.53 Å². The highest BCUT2D eigenvalue weighted by Gasteiger charge is 2.10. The zero-order valence-corrected chi connectivity index (χ0v) is 15.2. The van der Waals surface area contributed by atoms with E-state index in [4.69, 9.17) is 11.2 Å². The summed E-state index contributed by atoms with van der Waals surface area (Å²) >= 11 is 4.77. The van der Waals surface area contributed by atoms with Crippen LogP contribution in [-0.4, -0.2) is 17.6 Å². The molecule has 24 heavy (non-hydrogen) atoms. The van der Waals surface area contributed by atoms with Crippen molar-refractivity contribution in [3.05, 3.63) is 57.3 Å². The SMILES string of the molecule is C#CCn1c(=NC(=O)c2cccc(Br)c2)sc2cc(OC)ccc21. The van der Waals surface area contributed by atoms with Gasteiger partial charge in [-0.05, 0) is 36.4 Å². The average molecular weight is 401 g/mol. The number of hydrogen-bond donors (Lipinski definition) is 0. The highest BCUT2D eigenvalue weighted by atomic mass is 79.9. The van der Waals surface area contributed by atoms with E-state index < -0.39 is 0 Å². The number of ether oxygens (including phenoxy) is 1. The number of hydrogen-bond acceptors (Lipinski definition) is 3. The molecule has 1 aromatic heterocycles. The third kappa shape index (κ3) is 3.28. The first-order valence-corrected chi connectivity index (χ1v) is 8.69. The van der Waals surface area contributed by atoms with Gasteiger partial charge in [0, 0.05) is 10.0 Å². The fraction of sp³-hybridized carbons (Fsp3) is 0.111. The van der Waals surface area contributed by atoms with E-state index in [2.05, 4.69) is 26.8 Å². The van der Waals surface area contributed by atoms with Gasteiger partial charge >= 0.3 is 0 Å². The molecule has 0 saturated heterocycles. The summed E-state index contributed by atoms with van der Waals surface area (Å²) in [5, 5.41) is 0. The van der Waals surface area contributed by atoms with Crippen LogP contribution in [0.25, 0.3) is 10.2 Å². The Balaban J connectivity index is 2.15. The van der Waals surface area contributed by atoms with Crippen molar-refractivity contribution in [1.82, 2.24) is 4.57 Å². The van der Waals surface area contributed by atoms with Gasteiger partial charge in [0.25, 0.3) is 5.91 Å². The lowest BCUT2D eigenvalue weighted by molar-refractivity contribution is 0.0998. The molecule has 0 radical (unpaired) electrons. The van der Waals surface area contributed by atoms with Crippen molar-refractivity contribution in [2.24, 2.45) is 4.99 Å². The van der Waals surface area contributed by atoms with Crippen LogP contribution in [0.4, 0.5) is 0 Å². The van der Waals surface area contributed by atoms with E-state index in [0.29, 0.717) is 16.9 Å². The van der Waals surface area contributed by atoms with E-state index in [-0.39, 0.29) is 5.91 Å². The molecule has 0 aliphatic carbocycles. The number of methoxy groups -OCH3 is 1. The van der Waals surface area contributed by atoms with E-state index in [0.717, 1.165) is 20.4 Å². The molecule has 4 nitrogen and oxygen atoms in total. The molecule has 0 aliphatic heterocycles. The van der Waals surface area contributed by atoms with Gasteiger partial charge in [-0.2, -0.15) is 4.99 Å². The number of carbonyl (C=O) groups is 1. The number of thiazole rings is 1. The number of aromatic nitrogens is 1. The zero-order valence-electron chi connectivity index (χ0n) is 12.8. The third-order valence-electron chi connectivity index (χ3n) is 3.41. The number of amides is 1. The number of terminal acetylenes is 1. The first-order valence-electron chi connectivity index (χ1n) is 7.08. The van der Waals surface area contributed by atoms with Gasteiger partial charge in [-0.25, -0.2) is 0 Å². The Kier molecular flexibility index (Phi) is 4.84. The minimum Gasteiger partial charge on any atom is -0.497 e. The highest BCUT2D eigenvalue weighted by Crippen LogP contribution is 2.23. The monoisotopic (exact) mass is 400 g/mol. The summed E-state index contributed by atoms with van der Waals surface area (Å²) in [6.45, 7) is 0.344. The Morgan fingerprint density at radius 3 is 2.92 bits per heavy atom. The number of fused-ring (bicyclic) bond motifs is 1. The van der Waals surface area contributed by atoms with Crippen molar-refractivity contribution in [2.75, 3.05) is 7.11 Å². The minimum atomic E-state index is -0.305. The van der Waals surface area contributed by atoms with E-state index in [1.807, 2.05) is 28.8 Å². The quantitative estimate of drug-likeness (QED) is 0.626. The third-order valence-corrected chi connectivity index (χ3v) is 4.94. The number of benzene rings is 2. The lowest BCUT2D eigenvalue weighted by Gasteiger charge is -2.01. The van der Waals surface area contributed by atoms with Crippen LogP contribution in [0, 0.1) is 12.3 Å². The highest BCUT2D eigenvalue weighted by molar-refractivity contribution is 9.10. The normalized spacial score (nSPS) is 11.5. The number of nitrogens with zero attached hydrogens (tertiary/aromatic N) is 2. The Hall–Kier alpha value is -2.36. The maximum absolute atomic E-state index is 12.5. The van der Waals surface area contributed by atoms with Crippen LogP contribution in [-0.2, 0) is 6.54 Å². The van der Waals surface area contributed by atoms with Gasteiger partial charge in [0.15, 0.2) is 4.80 Å². The summed E-state index contributed by atoms with van der Waals surface area (Å²) in [5.41, 5.74) is 1.45. The fourth-order valence-corrected chi connectivity index (χ4v) is 3.74. The van der Waals surface area contributed by atoms with E-state index in [1.165, 1.54) is 11.3 Å². The molecule has 0 N–H and O–H groups in total. The van der Waals surface area contributed by atoms with Crippen LogP contribution in [0.2, 0.25) is 0 Å². The maximum Gasteiger partial charge on any atom is 0.279 e. The summed E-state index contributed by atoms with van der Waals surface area (Å²) in [5.74, 6) is 3.06. The van der Waals surface area contributed by atoms with Crippen LogP contribution in [0.5, 0.6) is 5.75 Å². The molecular weight excluding hydrogens is 388 g/mol. The average Bonchev–Trinajstić information content (AvgIpc) is 2.91.